The maximum Gasteiger partial charge on any atom is 0.325 e. The number of hydrogen-bond acceptors (Lipinski definition) is 6. The van der Waals surface area contributed by atoms with E-state index in [9.17, 15) is 0 Å². The smallest absolute Gasteiger partial charge is 0.325 e. The standard InChI is InChI=1S/C11H16N4O2/c1-6-8(4)17-11-14-9(12-5)13-10(15-11)16-7(2)3/h1,7-8H,2-5H3,(H,12,13,14,15). The Balaban J connectivity index is 2.93. The van der Waals surface area contributed by atoms with Gasteiger partial charge in [-0.2, -0.15) is 9.97 Å². The van der Waals surface area contributed by atoms with Gasteiger partial charge in [0.05, 0.1) is 6.10 Å². The Labute approximate surface area is 101 Å². The van der Waals surface area contributed by atoms with Crippen LogP contribution >= 0.6 is 0 Å². The number of terminal acetylenes is 1. The fraction of sp³-hybridized carbons (Fsp3) is 0.545. The molecule has 1 rings (SSSR count). The third kappa shape index (κ3) is 4.15. The topological polar surface area (TPSA) is 69.2 Å². The molecule has 6 heteroatoms. The normalized spacial score (nSPS) is 11.8. The second-order valence-electron chi connectivity index (χ2n) is 3.57. The van der Waals surface area contributed by atoms with Crippen molar-refractivity contribution in [2.75, 3.05) is 12.4 Å². The molecule has 0 saturated heterocycles. The number of anilines is 1. The summed E-state index contributed by atoms with van der Waals surface area (Å²) >= 11 is 0. The average Bonchev–Trinajstić information content (AvgIpc) is 2.27. The minimum atomic E-state index is -0.408. The SMILES string of the molecule is C#CC(C)Oc1nc(NC)nc(OC(C)C)n1. The highest BCUT2D eigenvalue weighted by Crippen LogP contribution is 2.14. The molecule has 0 radical (unpaired) electrons. The lowest BCUT2D eigenvalue weighted by molar-refractivity contribution is 0.208. The van der Waals surface area contributed by atoms with Crippen LogP contribution in [0.25, 0.3) is 0 Å². The highest BCUT2D eigenvalue weighted by molar-refractivity contribution is 5.26. The molecule has 1 aromatic rings. The highest BCUT2D eigenvalue weighted by atomic mass is 16.5. The van der Waals surface area contributed by atoms with E-state index in [1.165, 1.54) is 0 Å². The summed E-state index contributed by atoms with van der Waals surface area (Å²) in [6, 6.07) is 0.351. The van der Waals surface area contributed by atoms with Gasteiger partial charge in [-0.3, -0.25) is 0 Å². The molecule has 0 bridgehead atoms. The van der Waals surface area contributed by atoms with Gasteiger partial charge in [0.25, 0.3) is 0 Å². The quantitative estimate of drug-likeness (QED) is 0.772. The van der Waals surface area contributed by atoms with E-state index in [1.54, 1.807) is 14.0 Å². The zero-order valence-corrected chi connectivity index (χ0v) is 10.4. The summed E-state index contributed by atoms with van der Waals surface area (Å²) in [5, 5.41) is 2.80. The van der Waals surface area contributed by atoms with Crippen molar-refractivity contribution >= 4 is 5.95 Å². The van der Waals surface area contributed by atoms with Crippen molar-refractivity contribution in [1.29, 1.82) is 0 Å². The molecule has 0 aliphatic carbocycles. The first kappa shape index (κ1) is 13.0. The minimum Gasteiger partial charge on any atom is -0.461 e. The van der Waals surface area contributed by atoms with Crippen LogP contribution in [0.3, 0.4) is 0 Å². The maximum absolute atomic E-state index is 5.38. The van der Waals surface area contributed by atoms with Crippen LogP contribution in [0.4, 0.5) is 5.95 Å². The Morgan fingerprint density at radius 1 is 1.12 bits per heavy atom. The molecule has 1 unspecified atom stereocenters. The summed E-state index contributed by atoms with van der Waals surface area (Å²) in [6.07, 6.45) is 4.78. The molecule has 1 heterocycles. The van der Waals surface area contributed by atoms with Gasteiger partial charge in [-0.15, -0.1) is 11.4 Å². The molecule has 6 nitrogen and oxygen atoms in total. The van der Waals surface area contributed by atoms with Crippen LogP contribution in [0.15, 0.2) is 0 Å². The predicted molar refractivity (Wildman–Crippen MR) is 64.1 cm³/mol. The van der Waals surface area contributed by atoms with Crippen molar-refractivity contribution in [2.24, 2.45) is 0 Å². The number of hydrogen-bond donors (Lipinski definition) is 1. The molecule has 92 valence electrons. The Morgan fingerprint density at radius 3 is 2.18 bits per heavy atom. The van der Waals surface area contributed by atoms with E-state index in [0.29, 0.717) is 5.95 Å². The molecule has 0 aliphatic heterocycles. The van der Waals surface area contributed by atoms with Gasteiger partial charge in [-0.25, -0.2) is 0 Å². The summed E-state index contributed by atoms with van der Waals surface area (Å²) in [4.78, 5) is 12.1. The van der Waals surface area contributed by atoms with Crippen molar-refractivity contribution in [2.45, 2.75) is 33.0 Å². The third-order valence-electron chi connectivity index (χ3n) is 1.68. The van der Waals surface area contributed by atoms with Crippen LogP contribution in [0.5, 0.6) is 12.0 Å². The van der Waals surface area contributed by atoms with Gasteiger partial charge in [-0.1, -0.05) is 5.92 Å². The maximum atomic E-state index is 5.38. The lowest BCUT2D eigenvalue weighted by Gasteiger charge is -2.11. The van der Waals surface area contributed by atoms with Crippen LogP contribution in [0.2, 0.25) is 0 Å². The molecule has 0 aliphatic rings. The monoisotopic (exact) mass is 236 g/mol. The molecule has 17 heavy (non-hydrogen) atoms. The number of ether oxygens (including phenoxy) is 2. The van der Waals surface area contributed by atoms with Crippen molar-refractivity contribution in [1.82, 2.24) is 15.0 Å². The molecule has 1 atom stereocenters. The van der Waals surface area contributed by atoms with Crippen molar-refractivity contribution < 1.29 is 9.47 Å². The van der Waals surface area contributed by atoms with Crippen molar-refractivity contribution in [3.63, 3.8) is 0 Å². The molecule has 0 saturated carbocycles. The van der Waals surface area contributed by atoms with E-state index in [0.717, 1.165) is 0 Å². The lowest BCUT2D eigenvalue weighted by Crippen LogP contribution is -2.15. The van der Waals surface area contributed by atoms with E-state index in [1.807, 2.05) is 13.8 Å². The van der Waals surface area contributed by atoms with Crippen LogP contribution in [0.1, 0.15) is 20.8 Å². The fourth-order valence-corrected chi connectivity index (χ4v) is 0.958. The Bertz CT molecular complexity index is 414. The van der Waals surface area contributed by atoms with Crippen LogP contribution in [-0.4, -0.2) is 34.2 Å². The van der Waals surface area contributed by atoms with Crippen LogP contribution in [0, 0.1) is 12.3 Å². The van der Waals surface area contributed by atoms with Gasteiger partial charge in [0.1, 0.15) is 0 Å². The summed E-state index contributed by atoms with van der Waals surface area (Å²) < 4.78 is 10.7. The summed E-state index contributed by atoms with van der Waals surface area (Å²) in [5.74, 6) is 2.80. The molecule has 0 amide bonds. The van der Waals surface area contributed by atoms with E-state index in [4.69, 9.17) is 15.9 Å². The fourth-order valence-electron chi connectivity index (χ4n) is 0.958. The molecular formula is C11H16N4O2. The molecule has 1 N–H and O–H groups in total. The second kappa shape index (κ2) is 5.89. The summed E-state index contributed by atoms with van der Waals surface area (Å²) in [5.41, 5.74) is 0. The number of aromatic nitrogens is 3. The van der Waals surface area contributed by atoms with Crippen molar-refractivity contribution in [3.05, 3.63) is 0 Å². The Kier molecular flexibility index (Phi) is 4.52. The van der Waals surface area contributed by atoms with E-state index >= 15 is 0 Å². The van der Waals surface area contributed by atoms with Crippen LogP contribution in [-0.2, 0) is 0 Å². The van der Waals surface area contributed by atoms with E-state index < -0.39 is 6.10 Å². The van der Waals surface area contributed by atoms with Gasteiger partial charge in [0.2, 0.25) is 5.95 Å². The highest BCUT2D eigenvalue weighted by Gasteiger charge is 2.10. The van der Waals surface area contributed by atoms with E-state index in [2.05, 4.69) is 26.2 Å². The lowest BCUT2D eigenvalue weighted by atomic mass is 10.4. The predicted octanol–water partition coefficient (Wildman–Crippen LogP) is 1.10. The van der Waals surface area contributed by atoms with Gasteiger partial charge < -0.3 is 14.8 Å². The van der Waals surface area contributed by atoms with Gasteiger partial charge >= 0.3 is 12.0 Å². The molecule has 0 spiro atoms. The third-order valence-corrected chi connectivity index (χ3v) is 1.68. The zero-order chi connectivity index (χ0) is 12.8. The molecule has 0 aromatic carbocycles. The Hall–Kier alpha value is -2.03. The summed E-state index contributed by atoms with van der Waals surface area (Å²) in [7, 11) is 1.70. The first-order valence-electron chi connectivity index (χ1n) is 5.28. The first-order valence-corrected chi connectivity index (χ1v) is 5.28. The molecule has 0 fully saturated rings. The summed E-state index contributed by atoms with van der Waals surface area (Å²) in [6.45, 7) is 5.49. The minimum absolute atomic E-state index is 0.0278. The zero-order valence-electron chi connectivity index (χ0n) is 10.4. The Morgan fingerprint density at radius 2 is 1.71 bits per heavy atom. The average molecular weight is 236 g/mol. The van der Waals surface area contributed by atoms with Crippen molar-refractivity contribution in [3.8, 4) is 24.4 Å². The number of rotatable bonds is 5. The number of nitrogens with zero attached hydrogens (tertiary/aromatic N) is 3. The van der Waals surface area contributed by atoms with Gasteiger partial charge in [0.15, 0.2) is 6.10 Å². The molecular weight excluding hydrogens is 220 g/mol. The number of nitrogens with one attached hydrogen (secondary N) is 1. The van der Waals surface area contributed by atoms with E-state index in [-0.39, 0.29) is 18.1 Å². The molecule has 1 aromatic heterocycles. The largest absolute Gasteiger partial charge is 0.461 e. The first-order chi connectivity index (χ1) is 8.05. The van der Waals surface area contributed by atoms with Crippen LogP contribution < -0.4 is 14.8 Å². The van der Waals surface area contributed by atoms with Gasteiger partial charge in [0, 0.05) is 7.05 Å². The van der Waals surface area contributed by atoms with Gasteiger partial charge in [-0.05, 0) is 20.8 Å². The second-order valence-corrected chi connectivity index (χ2v) is 3.57.